The summed E-state index contributed by atoms with van der Waals surface area (Å²) >= 11 is 6.94. The molecule has 1 saturated heterocycles. The van der Waals surface area contributed by atoms with E-state index in [1.165, 1.54) is 6.07 Å². The molecule has 0 bridgehead atoms. The first-order chi connectivity index (χ1) is 11.0. The fourth-order valence-corrected chi connectivity index (χ4v) is 4.94. The lowest BCUT2D eigenvalue weighted by Gasteiger charge is -2.26. The largest absolute Gasteiger partial charge is 0.342 e. The lowest BCUT2D eigenvalue weighted by Crippen LogP contribution is -2.37. The first-order valence-electron chi connectivity index (χ1n) is 7.28. The summed E-state index contributed by atoms with van der Waals surface area (Å²) in [6, 6.07) is 4.56. The van der Waals surface area contributed by atoms with Gasteiger partial charge in [0, 0.05) is 18.1 Å². The molecule has 1 N–H and O–H groups in total. The number of hydrogen-bond acceptors (Lipinski definition) is 5. The number of benzene rings is 1. The maximum Gasteiger partial charge on any atom is 0.286 e. The van der Waals surface area contributed by atoms with E-state index in [1.807, 2.05) is 4.90 Å². The molecule has 9 heteroatoms. The van der Waals surface area contributed by atoms with Crippen LogP contribution in [0.15, 0.2) is 27.5 Å². The van der Waals surface area contributed by atoms with Crippen molar-refractivity contribution in [2.75, 3.05) is 24.2 Å². The highest BCUT2D eigenvalue weighted by Gasteiger charge is 2.26. The van der Waals surface area contributed by atoms with Gasteiger partial charge in [0.05, 0.1) is 11.4 Å². The second-order valence-electron chi connectivity index (χ2n) is 5.37. The van der Waals surface area contributed by atoms with Crippen LogP contribution in [0.4, 0.5) is 5.69 Å². The molecule has 1 aromatic carbocycles. The fraction of sp³-hybridized carbons (Fsp3) is 0.429. The van der Waals surface area contributed by atoms with Gasteiger partial charge in [0.1, 0.15) is 4.90 Å². The van der Waals surface area contributed by atoms with E-state index in [-0.39, 0.29) is 21.7 Å². The van der Waals surface area contributed by atoms with Crippen molar-refractivity contribution in [3.63, 3.8) is 0 Å². The molecule has 0 aliphatic carbocycles. The van der Waals surface area contributed by atoms with Gasteiger partial charge >= 0.3 is 0 Å². The van der Waals surface area contributed by atoms with Gasteiger partial charge in [-0.3, -0.25) is 4.79 Å². The molecule has 1 amide bonds. The van der Waals surface area contributed by atoms with Crippen LogP contribution < -0.4 is 5.32 Å². The van der Waals surface area contributed by atoms with E-state index in [4.69, 9.17) is 11.6 Å². The summed E-state index contributed by atoms with van der Waals surface area (Å²) in [5, 5.41) is 3.49. The van der Waals surface area contributed by atoms with Crippen LogP contribution >= 0.6 is 23.4 Å². The van der Waals surface area contributed by atoms with Gasteiger partial charge in [-0.1, -0.05) is 23.4 Å². The number of likely N-dealkylation sites (tertiary alicyclic amines) is 1. The summed E-state index contributed by atoms with van der Waals surface area (Å²) in [5.41, 5.74) is 0.428. The van der Waals surface area contributed by atoms with E-state index in [0.717, 1.165) is 44.1 Å². The number of carbonyl (C=O) groups excluding carboxylic acids is 1. The monoisotopic (exact) mass is 373 g/mol. The molecule has 0 spiro atoms. The van der Waals surface area contributed by atoms with Crippen LogP contribution in [0.5, 0.6) is 0 Å². The minimum Gasteiger partial charge on any atom is -0.342 e. The summed E-state index contributed by atoms with van der Waals surface area (Å²) in [6.07, 6.45) is 3.21. The predicted molar refractivity (Wildman–Crippen MR) is 92.6 cm³/mol. The van der Waals surface area contributed by atoms with Gasteiger partial charge in [-0.25, -0.2) is 0 Å². The number of carbonyl (C=O) groups is 1. The Morgan fingerprint density at radius 1 is 1.30 bits per heavy atom. The maximum absolute atomic E-state index is 12.2. The van der Waals surface area contributed by atoms with Gasteiger partial charge in [0.2, 0.25) is 5.91 Å². The highest BCUT2D eigenvalue weighted by molar-refractivity contribution is 8.15. The second kappa shape index (κ2) is 6.70. The van der Waals surface area contributed by atoms with E-state index in [9.17, 15) is 13.2 Å². The van der Waals surface area contributed by atoms with Gasteiger partial charge in [-0.2, -0.15) is 8.42 Å². The summed E-state index contributed by atoms with van der Waals surface area (Å²) in [4.78, 5) is 14.0. The number of amidine groups is 1. The molecule has 3 rings (SSSR count). The maximum atomic E-state index is 12.2. The number of fused-ring (bicyclic) bond motifs is 1. The molecule has 0 unspecified atom stereocenters. The molecular formula is C14H16ClN3O3S2. The van der Waals surface area contributed by atoms with Crippen molar-refractivity contribution < 1.29 is 13.2 Å². The van der Waals surface area contributed by atoms with Gasteiger partial charge in [0.25, 0.3) is 10.0 Å². The number of sulfonamides is 1. The molecule has 2 aliphatic heterocycles. The minimum atomic E-state index is -3.79. The first-order valence-corrected chi connectivity index (χ1v) is 10.1. The van der Waals surface area contributed by atoms with Crippen molar-refractivity contribution in [2.24, 2.45) is 4.40 Å². The Morgan fingerprint density at radius 2 is 2.04 bits per heavy atom. The van der Waals surface area contributed by atoms with Crippen LogP contribution in [-0.2, 0) is 14.8 Å². The molecule has 0 saturated carbocycles. The third kappa shape index (κ3) is 3.81. The van der Waals surface area contributed by atoms with Crippen LogP contribution in [0.2, 0.25) is 5.02 Å². The summed E-state index contributed by atoms with van der Waals surface area (Å²) in [6.45, 7) is 1.55. The van der Waals surface area contributed by atoms with Crippen molar-refractivity contribution in [2.45, 2.75) is 24.2 Å². The Kier molecular flexibility index (Phi) is 4.84. The van der Waals surface area contributed by atoms with E-state index in [1.54, 1.807) is 12.1 Å². The Morgan fingerprint density at radius 3 is 2.78 bits per heavy atom. The van der Waals surface area contributed by atoms with Gasteiger partial charge in [0.15, 0.2) is 5.17 Å². The molecule has 0 atom stereocenters. The quantitative estimate of drug-likeness (QED) is 0.861. The number of thioether (sulfide) groups is 1. The second-order valence-corrected chi connectivity index (χ2v) is 8.34. The van der Waals surface area contributed by atoms with Crippen molar-refractivity contribution in [3.05, 3.63) is 23.2 Å². The van der Waals surface area contributed by atoms with E-state index < -0.39 is 10.0 Å². The predicted octanol–water partition coefficient (Wildman–Crippen LogP) is 2.56. The van der Waals surface area contributed by atoms with Crippen LogP contribution in [0, 0.1) is 0 Å². The van der Waals surface area contributed by atoms with E-state index in [2.05, 4.69) is 9.71 Å². The Balaban J connectivity index is 1.69. The Hall–Kier alpha value is -1.25. The van der Waals surface area contributed by atoms with Gasteiger partial charge in [-0.05, 0) is 37.5 Å². The average Bonchev–Trinajstić information content (AvgIpc) is 2.54. The third-order valence-electron chi connectivity index (χ3n) is 3.71. The van der Waals surface area contributed by atoms with E-state index >= 15 is 0 Å². The van der Waals surface area contributed by atoms with Crippen LogP contribution in [-0.4, -0.2) is 43.2 Å². The fourth-order valence-electron chi connectivity index (χ4n) is 2.54. The zero-order valence-electron chi connectivity index (χ0n) is 12.3. The average molecular weight is 374 g/mol. The molecule has 0 aromatic heterocycles. The number of amides is 1. The van der Waals surface area contributed by atoms with Crippen LogP contribution in [0.3, 0.4) is 0 Å². The highest BCUT2D eigenvalue weighted by atomic mass is 35.5. The number of rotatable bonds is 2. The molecule has 23 heavy (non-hydrogen) atoms. The third-order valence-corrected chi connectivity index (χ3v) is 6.23. The first kappa shape index (κ1) is 16.6. The smallest absolute Gasteiger partial charge is 0.286 e. The summed E-state index contributed by atoms with van der Waals surface area (Å²) in [7, 11) is -3.79. The molecule has 1 fully saturated rings. The van der Waals surface area contributed by atoms with Crippen molar-refractivity contribution in [1.82, 2.24) is 4.90 Å². The number of nitrogens with one attached hydrogen (secondary N) is 1. The lowest BCUT2D eigenvalue weighted by atomic mass is 10.1. The standard InChI is InChI=1S/C14H16ClN3O3S2/c15-10-4-5-11-12(8-10)23(20,21)17-14(16-11)22-9-13(19)18-6-2-1-3-7-18/h4-5,8H,1-3,6-7,9H2,(H,16,17). The van der Waals surface area contributed by atoms with E-state index in [0.29, 0.717) is 10.7 Å². The Bertz CT molecular complexity index is 759. The normalized spacial score (nSPS) is 19.5. The lowest BCUT2D eigenvalue weighted by molar-refractivity contribution is -0.129. The van der Waals surface area contributed by atoms with Crippen molar-refractivity contribution in [1.29, 1.82) is 0 Å². The number of halogens is 1. The van der Waals surface area contributed by atoms with Crippen molar-refractivity contribution in [3.8, 4) is 0 Å². The van der Waals surface area contributed by atoms with Crippen LogP contribution in [0.1, 0.15) is 19.3 Å². The topological polar surface area (TPSA) is 78.8 Å². The highest BCUT2D eigenvalue weighted by Crippen LogP contribution is 2.31. The minimum absolute atomic E-state index is 0.0125. The molecule has 2 aliphatic rings. The van der Waals surface area contributed by atoms with Crippen molar-refractivity contribution >= 4 is 50.1 Å². The van der Waals surface area contributed by atoms with Gasteiger partial charge < -0.3 is 10.2 Å². The molecular weight excluding hydrogens is 358 g/mol. The summed E-state index contributed by atoms with van der Waals surface area (Å²) < 4.78 is 28.1. The molecule has 124 valence electrons. The molecule has 0 radical (unpaired) electrons. The zero-order chi connectivity index (χ0) is 16.4. The van der Waals surface area contributed by atoms with Gasteiger partial charge in [-0.15, -0.1) is 4.40 Å². The zero-order valence-corrected chi connectivity index (χ0v) is 14.7. The van der Waals surface area contributed by atoms with Crippen LogP contribution in [0.25, 0.3) is 0 Å². The molecule has 1 aromatic rings. The number of piperidine rings is 1. The molecule has 2 heterocycles. The number of anilines is 1. The Labute approximate surface area is 144 Å². The number of nitrogens with zero attached hydrogens (tertiary/aromatic N) is 2. The summed E-state index contributed by atoms with van der Waals surface area (Å²) in [5.74, 6) is 0.183. The number of hydrogen-bond donors (Lipinski definition) is 1. The molecule has 6 nitrogen and oxygen atoms in total. The SMILES string of the molecule is O=C(CSC1=NS(=O)(=O)c2cc(Cl)ccc2N1)N1CCCCC1.